The molecule has 29 heavy (non-hydrogen) atoms. The Morgan fingerprint density at radius 2 is 1.48 bits per heavy atom. The van der Waals surface area contributed by atoms with E-state index in [2.05, 4.69) is 10.0 Å². The average molecular weight is 422 g/mol. The second kappa shape index (κ2) is 9.00. The first-order chi connectivity index (χ1) is 13.8. The largest absolute Gasteiger partial charge is 0.355 e. The van der Waals surface area contributed by atoms with E-state index in [4.69, 9.17) is 0 Å². The van der Waals surface area contributed by atoms with Gasteiger partial charge in [-0.25, -0.2) is 21.9 Å². The van der Waals surface area contributed by atoms with Gasteiger partial charge in [0.15, 0.2) is 0 Å². The van der Waals surface area contributed by atoms with Crippen LogP contribution in [-0.2, 0) is 20.2 Å². The van der Waals surface area contributed by atoms with Crippen LogP contribution < -0.4 is 10.0 Å². The summed E-state index contributed by atoms with van der Waals surface area (Å²) in [6.45, 7) is 0.372. The molecule has 2 aromatic carbocycles. The number of hydrogen-bond donors (Lipinski definition) is 2. The molecule has 0 aliphatic heterocycles. The molecule has 2 N–H and O–H groups in total. The number of nitrogens with one attached hydrogen (secondary N) is 2. The van der Waals surface area contributed by atoms with Gasteiger partial charge in [-0.3, -0.25) is 4.79 Å². The summed E-state index contributed by atoms with van der Waals surface area (Å²) >= 11 is 0. The van der Waals surface area contributed by atoms with Crippen molar-refractivity contribution in [2.45, 2.75) is 42.4 Å². The quantitative estimate of drug-likeness (QED) is 0.686. The Bertz CT molecular complexity index is 939. The van der Waals surface area contributed by atoms with E-state index >= 15 is 0 Å². The summed E-state index contributed by atoms with van der Waals surface area (Å²) in [7, 11) is -3.79. The fourth-order valence-electron chi connectivity index (χ4n) is 3.77. The second-order valence-electron chi connectivity index (χ2n) is 7.37. The van der Waals surface area contributed by atoms with Gasteiger partial charge in [-0.15, -0.1) is 0 Å². The third-order valence-corrected chi connectivity index (χ3v) is 6.89. The van der Waals surface area contributed by atoms with E-state index < -0.39 is 15.8 Å². The summed E-state index contributed by atoms with van der Waals surface area (Å²) in [5.74, 6) is -1.08. The number of amides is 1. The van der Waals surface area contributed by atoms with E-state index in [0.717, 1.165) is 43.4 Å². The molecule has 0 heterocycles. The lowest BCUT2D eigenvalue weighted by atomic mass is 9.79. The number of sulfonamides is 1. The highest BCUT2D eigenvalue weighted by atomic mass is 32.2. The van der Waals surface area contributed by atoms with Gasteiger partial charge in [-0.1, -0.05) is 25.0 Å². The highest BCUT2D eigenvalue weighted by Crippen LogP contribution is 2.40. The predicted octanol–water partition coefficient (Wildman–Crippen LogP) is 3.26. The number of benzene rings is 2. The Hall–Kier alpha value is -2.32. The van der Waals surface area contributed by atoms with Gasteiger partial charge >= 0.3 is 0 Å². The Labute approximate surface area is 169 Å². The number of halogens is 2. The SMILES string of the molecule is O=C(CCNS(=O)(=O)c1ccc(F)cc1)NCC1(c2ccc(F)cc2)CCCC1. The zero-order valence-electron chi connectivity index (χ0n) is 16.0. The van der Waals surface area contributed by atoms with E-state index in [-0.39, 0.29) is 35.0 Å². The van der Waals surface area contributed by atoms with Crippen LogP contribution in [0.15, 0.2) is 53.4 Å². The van der Waals surface area contributed by atoms with Gasteiger partial charge in [0.1, 0.15) is 11.6 Å². The van der Waals surface area contributed by atoms with E-state index in [0.29, 0.717) is 6.54 Å². The van der Waals surface area contributed by atoms with E-state index in [9.17, 15) is 22.0 Å². The number of rotatable bonds is 8. The minimum Gasteiger partial charge on any atom is -0.355 e. The molecule has 5 nitrogen and oxygen atoms in total. The zero-order valence-corrected chi connectivity index (χ0v) is 16.8. The van der Waals surface area contributed by atoms with Crippen LogP contribution in [0.1, 0.15) is 37.7 Å². The summed E-state index contributed by atoms with van der Waals surface area (Å²) in [6.07, 6.45) is 3.90. The molecule has 1 aliphatic carbocycles. The fourth-order valence-corrected chi connectivity index (χ4v) is 4.81. The molecule has 0 radical (unpaired) electrons. The van der Waals surface area contributed by atoms with Crippen molar-refractivity contribution in [1.29, 1.82) is 0 Å². The maximum absolute atomic E-state index is 13.2. The van der Waals surface area contributed by atoms with Gasteiger partial charge < -0.3 is 5.32 Å². The highest BCUT2D eigenvalue weighted by molar-refractivity contribution is 7.89. The minimum absolute atomic E-state index is 0.0140. The third-order valence-electron chi connectivity index (χ3n) is 5.41. The van der Waals surface area contributed by atoms with Crippen LogP contribution in [0.4, 0.5) is 8.78 Å². The molecule has 0 unspecified atom stereocenters. The van der Waals surface area contributed by atoms with Crippen LogP contribution in [0.2, 0.25) is 0 Å². The van der Waals surface area contributed by atoms with Gasteiger partial charge in [0.05, 0.1) is 4.90 Å². The van der Waals surface area contributed by atoms with Crippen molar-refractivity contribution in [2.24, 2.45) is 0 Å². The lowest BCUT2D eigenvalue weighted by Gasteiger charge is -2.30. The van der Waals surface area contributed by atoms with Crippen molar-refractivity contribution in [1.82, 2.24) is 10.0 Å². The molecule has 0 spiro atoms. The molecule has 0 bridgehead atoms. The first-order valence-electron chi connectivity index (χ1n) is 9.59. The summed E-state index contributed by atoms with van der Waals surface area (Å²) in [5.41, 5.74) is 0.797. The Morgan fingerprint density at radius 3 is 2.07 bits per heavy atom. The van der Waals surface area contributed by atoms with Gasteiger partial charge in [0, 0.05) is 24.9 Å². The van der Waals surface area contributed by atoms with Crippen LogP contribution in [0.25, 0.3) is 0 Å². The molecular weight excluding hydrogens is 398 g/mol. The van der Waals surface area contributed by atoms with Crippen LogP contribution in [0, 0.1) is 11.6 Å². The monoisotopic (exact) mass is 422 g/mol. The van der Waals surface area contributed by atoms with Crippen LogP contribution in [0.5, 0.6) is 0 Å². The maximum atomic E-state index is 13.2. The smallest absolute Gasteiger partial charge is 0.240 e. The van der Waals surface area contributed by atoms with Crippen molar-refractivity contribution in [3.05, 3.63) is 65.7 Å². The lowest BCUT2D eigenvalue weighted by molar-refractivity contribution is -0.121. The molecule has 0 saturated heterocycles. The van der Waals surface area contributed by atoms with Crippen LogP contribution in [-0.4, -0.2) is 27.4 Å². The summed E-state index contributed by atoms with van der Waals surface area (Å²) in [4.78, 5) is 12.2. The van der Waals surface area contributed by atoms with Crippen molar-refractivity contribution >= 4 is 15.9 Å². The number of hydrogen-bond acceptors (Lipinski definition) is 3. The average Bonchev–Trinajstić information content (AvgIpc) is 3.17. The molecule has 0 aromatic heterocycles. The third kappa shape index (κ3) is 5.39. The molecule has 3 rings (SSSR count). The van der Waals surface area contributed by atoms with Gasteiger partial charge in [-0.2, -0.15) is 0 Å². The van der Waals surface area contributed by atoms with E-state index in [1.54, 1.807) is 12.1 Å². The van der Waals surface area contributed by atoms with Crippen molar-refractivity contribution in [3.8, 4) is 0 Å². The number of carbonyl (C=O) groups is 1. The van der Waals surface area contributed by atoms with Crippen LogP contribution >= 0.6 is 0 Å². The minimum atomic E-state index is -3.79. The molecule has 1 fully saturated rings. The predicted molar refractivity (Wildman–Crippen MR) is 106 cm³/mol. The van der Waals surface area contributed by atoms with Gasteiger partial charge in [0.2, 0.25) is 15.9 Å². The molecule has 0 atom stereocenters. The summed E-state index contributed by atoms with van der Waals surface area (Å²) in [5, 5.41) is 2.89. The normalized spacial score (nSPS) is 15.9. The van der Waals surface area contributed by atoms with E-state index in [1.807, 2.05) is 0 Å². The Balaban J connectivity index is 1.52. The Kier molecular flexibility index (Phi) is 6.64. The fraction of sp³-hybridized carbons (Fsp3) is 0.381. The molecule has 1 aliphatic rings. The first kappa shape index (κ1) is 21.4. The molecule has 1 saturated carbocycles. The topological polar surface area (TPSA) is 75.3 Å². The maximum Gasteiger partial charge on any atom is 0.240 e. The summed E-state index contributed by atoms with van der Waals surface area (Å²) in [6, 6.07) is 10.9. The lowest BCUT2D eigenvalue weighted by Crippen LogP contribution is -2.40. The van der Waals surface area contributed by atoms with Gasteiger partial charge in [0.25, 0.3) is 0 Å². The molecule has 1 amide bonds. The van der Waals surface area contributed by atoms with Gasteiger partial charge in [-0.05, 0) is 54.8 Å². The molecular formula is C21H24F2N2O3S. The van der Waals surface area contributed by atoms with Crippen molar-refractivity contribution in [3.63, 3.8) is 0 Å². The molecule has 2 aromatic rings. The summed E-state index contributed by atoms with van der Waals surface area (Å²) < 4.78 is 52.8. The van der Waals surface area contributed by atoms with E-state index in [1.165, 1.54) is 24.3 Å². The first-order valence-corrected chi connectivity index (χ1v) is 11.1. The highest BCUT2D eigenvalue weighted by Gasteiger charge is 2.35. The standard InChI is InChI=1S/C21H24F2N2O3S/c22-17-5-3-16(4-6-17)21(12-1-2-13-21)15-24-20(26)11-14-25-29(27,28)19-9-7-18(23)8-10-19/h3-10,25H,1-2,11-15H2,(H,24,26). The zero-order chi connectivity index (χ0) is 20.9. The number of carbonyl (C=O) groups excluding carboxylic acids is 1. The molecule has 156 valence electrons. The second-order valence-corrected chi connectivity index (χ2v) is 9.14. The van der Waals surface area contributed by atoms with Crippen molar-refractivity contribution < 1.29 is 22.0 Å². The Morgan fingerprint density at radius 1 is 0.931 bits per heavy atom. The van der Waals surface area contributed by atoms with Crippen LogP contribution in [0.3, 0.4) is 0 Å². The molecule has 8 heteroatoms. The van der Waals surface area contributed by atoms with Crippen molar-refractivity contribution in [2.75, 3.05) is 13.1 Å².